The number of ether oxygens (including phenoxy) is 1. The number of methoxy groups -OCH3 is 1. The first kappa shape index (κ1) is 24.2. The highest BCUT2D eigenvalue weighted by atomic mass is 19.1. The van der Waals surface area contributed by atoms with E-state index in [1.54, 1.807) is 31.2 Å². The van der Waals surface area contributed by atoms with Crippen LogP contribution < -0.4 is 15.0 Å². The minimum atomic E-state index is -0.637. The Balaban J connectivity index is 1.39. The van der Waals surface area contributed by atoms with Crippen molar-refractivity contribution in [3.05, 3.63) is 65.4 Å². The van der Waals surface area contributed by atoms with E-state index in [0.29, 0.717) is 54.0 Å². The highest BCUT2D eigenvalue weighted by Gasteiger charge is 2.23. The van der Waals surface area contributed by atoms with Gasteiger partial charge in [-0.1, -0.05) is 6.07 Å². The average molecular weight is 506 g/mol. The molecule has 0 aliphatic carbocycles. The van der Waals surface area contributed by atoms with Crippen LogP contribution in [-0.2, 0) is 13.0 Å². The van der Waals surface area contributed by atoms with Gasteiger partial charge in [0.25, 0.3) is 5.91 Å². The molecular formula is C24H24FN9O3. The van der Waals surface area contributed by atoms with Crippen LogP contribution in [0.25, 0.3) is 11.5 Å². The lowest BCUT2D eigenvalue weighted by molar-refractivity contribution is 0.102. The number of benzene rings is 1. The van der Waals surface area contributed by atoms with Crippen molar-refractivity contribution in [1.29, 1.82) is 0 Å². The molecule has 4 aromatic rings. The van der Waals surface area contributed by atoms with Crippen molar-refractivity contribution in [3.63, 3.8) is 0 Å². The number of hydrogen-bond acceptors (Lipinski definition) is 10. The summed E-state index contributed by atoms with van der Waals surface area (Å²) in [5.74, 6) is 0.647. The van der Waals surface area contributed by atoms with Gasteiger partial charge in [-0.2, -0.15) is 4.39 Å². The van der Waals surface area contributed by atoms with Crippen LogP contribution in [0.1, 0.15) is 34.5 Å². The summed E-state index contributed by atoms with van der Waals surface area (Å²) in [6.07, 6.45) is 3.19. The number of aliphatic hydroxyl groups is 1. The number of carbonyl (C=O) groups excluding carboxylic acids is 1. The lowest BCUT2D eigenvalue weighted by Gasteiger charge is -2.30. The standard InChI is InChI=1S/C24H24FN9O3/c1-14(13-35)34-23(30-31-32-34)18-4-3-5-21(28-18)29-24(36)17-8-16-12-33(22-11-26-20(25)10-27-22)7-6-15(16)9-19(17)37-2/h3-5,8-11,14,35H,6-7,12-13H2,1-2H3,(H,28,29,36). The summed E-state index contributed by atoms with van der Waals surface area (Å²) in [5.41, 5.74) is 2.78. The zero-order valence-corrected chi connectivity index (χ0v) is 20.2. The summed E-state index contributed by atoms with van der Waals surface area (Å²) in [7, 11) is 1.52. The molecule has 4 heterocycles. The number of amides is 1. The van der Waals surface area contributed by atoms with Crippen LogP contribution in [0.3, 0.4) is 0 Å². The van der Waals surface area contributed by atoms with Crippen LogP contribution in [-0.4, -0.2) is 66.4 Å². The summed E-state index contributed by atoms with van der Waals surface area (Å²) < 4.78 is 20.2. The van der Waals surface area contributed by atoms with Crippen LogP contribution >= 0.6 is 0 Å². The van der Waals surface area contributed by atoms with Crippen molar-refractivity contribution in [2.24, 2.45) is 0 Å². The first-order valence-electron chi connectivity index (χ1n) is 11.6. The molecule has 190 valence electrons. The molecular weight excluding hydrogens is 481 g/mol. The van der Waals surface area contributed by atoms with Crippen molar-refractivity contribution >= 4 is 17.5 Å². The maximum absolute atomic E-state index is 13.3. The van der Waals surface area contributed by atoms with E-state index in [9.17, 15) is 14.3 Å². The fourth-order valence-corrected chi connectivity index (χ4v) is 4.15. The molecule has 2 N–H and O–H groups in total. The minimum Gasteiger partial charge on any atom is -0.496 e. The van der Waals surface area contributed by atoms with Gasteiger partial charge in [0.15, 0.2) is 0 Å². The summed E-state index contributed by atoms with van der Waals surface area (Å²) in [5, 5.41) is 23.9. The predicted octanol–water partition coefficient (Wildman–Crippen LogP) is 2.04. The number of aromatic nitrogens is 7. The first-order valence-corrected chi connectivity index (χ1v) is 11.6. The number of nitrogens with one attached hydrogen (secondary N) is 1. The summed E-state index contributed by atoms with van der Waals surface area (Å²) in [6, 6.07) is 8.42. The molecule has 0 bridgehead atoms. The lowest BCUT2D eigenvalue weighted by atomic mass is 9.96. The van der Waals surface area contributed by atoms with Gasteiger partial charge in [0.2, 0.25) is 11.8 Å². The molecule has 1 unspecified atom stereocenters. The molecule has 0 spiro atoms. The van der Waals surface area contributed by atoms with Crippen molar-refractivity contribution in [2.45, 2.75) is 25.9 Å². The van der Waals surface area contributed by atoms with Gasteiger partial charge in [0, 0.05) is 13.1 Å². The van der Waals surface area contributed by atoms with Gasteiger partial charge in [-0.15, -0.1) is 5.10 Å². The van der Waals surface area contributed by atoms with E-state index in [0.717, 1.165) is 17.3 Å². The third-order valence-electron chi connectivity index (χ3n) is 6.10. The number of halogens is 1. The fourth-order valence-electron chi connectivity index (χ4n) is 4.15. The Morgan fingerprint density at radius 3 is 2.86 bits per heavy atom. The van der Waals surface area contributed by atoms with Crippen molar-refractivity contribution in [3.8, 4) is 17.3 Å². The molecule has 1 aliphatic rings. The van der Waals surface area contributed by atoms with E-state index >= 15 is 0 Å². The number of hydrogen-bond donors (Lipinski definition) is 2. The van der Waals surface area contributed by atoms with E-state index < -0.39 is 11.9 Å². The van der Waals surface area contributed by atoms with Crippen LogP contribution in [0.5, 0.6) is 5.75 Å². The normalized spacial score (nSPS) is 13.7. The fraction of sp³-hybridized carbons (Fsp3) is 0.292. The van der Waals surface area contributed by atoms with E-state index in [1.165, 1.54) is 18.0 Å². The van der Waals surface area contributed by atoms with Gasteiger partial charge in [0.1, 0.15) is 23.1 Å². The number of pyridine rings is 1. The van der Waals surface area contributed by atoms with Gasteiger partial charge in [-0.05, 0) is 59.2 Å². The maximum Gasteiger partial charge on any atom is 0.260 e. The number of aliphatic hydroxyl groups excluding tert-OH is 1. The third-order valence-corrected chi connectivity index (χ3v) is 6.10. The molecule has 0 fully saturated rings. The molecule has 1 aliphatic heterocycles. The number of tetrazole rings is 1. The summed E-state index contributed by atoms with van der Waals surface area (Å²) >= 11 is 0. The average Bonchev–Trinajstić information content (AvgIpc) is 3.42. The molecule has 1 atom stereocenters. The van der Waals surface area contributed by atoms with Gasteiger partial charge in [-0.25, -0.2) is 19.6 Å². The highest BCUT2D eigenvalue weighted by molar-refractivity contribution is 6.06. The molecule has 12 nitrogen and oxygen atoms in total. The Kier molecular flexibility index (Phi) is 6.68. The van der Waals surface area contributed by atoms with Crippen molar-refractivity contribution in [2.75, 3.05) is 30.5 Å². The topological polar surface area (TPSA) is 144 Å². The number of nitrogens with zero attached hydrogens (tertiary/aromatic N) is 8. The molecule has 1 aromatic carbocycles. The van der Waals surface area contributed by atoms with Crippen molar-refractivity contribution < 1.29 is 19.0 Å². The predicted molar refractivity (Wildman–Crippen MR) is 131 cm³/mol. The largest absolute Gasteiger partial charge is 0.496 e. The summed E-state index contributed by atoms with van der Waals surface area (Å²) in [6.45, 7) is 2.79. The zero-order valence-electron chi connectivity index (χ0n) is 20.2. The Hall–Kier alpha value is -4.52. The van der Waals surface area contributed by atoms with E-state index in [1.807, 2.05) is 11.0 Å². The van der Waals surface area contributed by atoms with E-state index in [-0.39, 0.29) is 12.6 Å². The monoisotopic (exact) mass is 505 g/mol. The molecule has 1 amide bonds. The second-order valence-electron chi connectivity index (χ2n) is 8.53. The number of fused-ring (bicyclic) bond motifs is 1. The van der Waals surface area contributed by atoms with Crippen LogP contribution in [0, 0.1) is 5.95 Å². The number of rotatable bonds is 7. The van der Waals surface area contributed by atoms with Crippen molar-refractivity contribution in [1.82, 2.24) is 35.2 Å². The maximum atomic E-state index is 13.3. The second kappa shape index (κ2) is 10.2. The minimum absolute atomic E-state index is 0.141. The van der Waals surface area contributed by atoms with E-state index in [2.05, 4.69) is 35.8 Å². The Labute approximate surface area is 211 Å². The van der Waals surface area contributed by atoms with Crippen LogP contribution in [0.4, 0.5) is 16.0 Å². The van der Waals surface area contributed by atoms with Gasteiger partial charge < -0.3 is 20.1 Å². The quantitative estimate of drug-likeness (QED) is 0.383. The molecule has 0 radical (unpaired) electrons. The third kappa shape index (κ3) is 4.93. The summed E-state index contributed by atoms with van der Waals surface area (Å²) in [4.78, 5) is 27.6. The van der Waals surface area contributed by atoms with Gasteiger partial charge >= 0.3 is 0 Å². The molecule has 0 saturated carbocycles. The van der Waals surface area contributed by atoms with Crippen LogP contribution in [0.15, 0.2) is 42.7 Å². The number of carbonyl (C=O) groups is 1. The molecule has 3 aromatic heterocycles. The first-order chi connectivity index (χ1) is 18.0. The smallest absolute Gasteiger partial charge is 0.260 e. The zero-order chi connectivity index (χ0) is 25.9. The van der Waals surface area contributed by atoms with Crippen LogP contribution in [0.2, 0.25) is 0 Å². The molecule has 13 heteroatoms. The SMILES string of the molecule is COc1cc2c(cc1C(=O)Nc1cccc(-c3nnnn3C(C)CO)n1)CN(c1cnc(F)cn1)CC2. The van der Waals surface area contributed by atoms with Gasteiger partial charge in [0.05, 0.1) is 37.7 Å². The molecule has 37 heavy (non-hydrogen) atoms. The Morgan fingerprint density at radius 2 is 2.11 bits per heavy atom. The second-order valence-corrected chi connectivity index (χ2v) is 8.53. The molecule has 5 rings (SSSR count). The van der Waals surface area contributed by atoms with Gasteiger partial charge in [-0.3, -0.25) is 4.79 Å². The molecule has 0 saturated heterocycles. The lowest BCUT2D eigenvalue weighted by Crippen LogP contribution is -2.31. The Bertz CT molecular complexity index is 1430. The Morgan fingerprint density at radius 1 is 1.24 bits per heavy atom. The van der Waals surface area contributed by atoms with E-state index in [4.69, 9.17) is 4.74 Å². The number of anilines is 2. The highest BCUT2D eigenvalue weighted by Crippen LogP contribution is 2.30.